The van der Waals surface area contributed by atoms with E-state index in [0.717, 1.165) is 4.90 Å². The summed E-state index contributed by atoms with van der Waals surface area (Å²) in [6.45, 7) is 0.258. The first-order valence-corrected chi connectivity index (χ1v) is 14.1. The van der Waals surface area contributed by atoms with E-state index >= 15 is 0 Å². The van der Waals surface area contributed by atoms with Crippen LogP contribution in [0.1, 0.15) is 36.6 Å². The van der Waals surface area contributed by atoms with Crippen molar-refractivity contribution in [1.82, 2.24) is 10.2 Å². The van der Waals surface area contributed by atoms with Crippen LogP contribution in [0.2, 0.25) is 0 Å². The summed E-state index contributed by atoms with van der Waals surface area (Å²) in [5.41, 5.74) is 2.57. The third kappa shape index (κ3) is 6.59. The predicted octanol–water partition coefficient (Wildman–Crippen LogP) is 5.49. The number of methoxy groups -OCH3 is 1. The molecular weight excluding hydrogens is 550 g/mol. The molecule has 5 rings (SSSR count). The number of rotatable bonds is 10. The van der Waals surface area contributed by atoms with Gasteiger partial charge < -0.3 is 15.4 Å². The first-order chi connectivity index (χ1) is 20.4. The van der Waals surface area contributed by atoms with Crippen molar-refractivity contribution in [2.24, 2.45) is 0 Å². The molecular formula is C33H27N3O5S. The average molecular weight is 578 g/mol. The minimum absolute atomic E-state index is 0.0673. The van der Waals surface area contributed by atoms with Crippen LogP contribution in [-0.4, -0.2) is 47.9 Å². The van der Waals surface area contributed by atoms with Crippen LogP contribution in [0.4, 0.5) is 5.69 Å². The summed E-state index contributed by atoms with van der Waals surface area (Å²) >= 11 is 1.46. The number of thioether (sulfide) groups is 1. The number of carbonyl (C=O) groups is 4. The number of benzene rings is 4. The van der Waals surface area contributed by atoms with Crippen LogP contribution in [0.15, 0.2) is 114 Å². The van der Waals surface area contributed by atoms with E-state index in [1.807, 2.05) is 12.1 Å². The van der Waals surface area contributed by atoms with Crippen LogP contribution < -0.4 is 15.4 Å². The van der Waals surface area contributed by atoms with Crippen LogP contribution in [0.3, 0.4) is 0 Å². The average Bonchev–Trinajstić information content (AvgIpc) is 3.26. The Labute approximate surface area is 247 Å². The van der Waals surface area contributed by atoms with Crippen molar-refractivity contribution in [3.8, 4) is 5.75 Å². The van der Waals surface area contributed by atoms with Gasteiger partial charge in [0, 0.05) is 28.4 Å². The molecule has 0 saturated carbocycles. The van der Waals surface area contributed by atoms with Crippen molar-refractivity contribution in [2.75, 3.05) is 24.7 Å². The molecule has 4 aromatic rings. The molecule has 0 fully saturated rings. The Bertz CT molecular complexity index is 1630. The number of nitrogens with one attached hydrogen (secondary N) is 2. The van der Waals surface area contributed by atoms with Crippen LogP contribution in [0, 0.1) is 0 Å². The van der Waals surface area contributed by atoms with Gasteiger partial charge in [0.1, 0.15) is 11.4 Å². The Morgan fingerprint density at radius 3 is 2.17 bits per heavy atom. The van der Waals surface area contributed by atoms with Crippen molar-refractivity contribution < 1.29 is 23.9 Å². The fourth-order valence-electron chi connectivity index (χ4n) is 4.37. The zero-order chi connectivity index (χ0) is 29.5. The maximum atomic E-state index is 13.4. The minimum Gasteiger partial charge on any atom is -0.497 e. The van der Waals surface area contributed by atoms with Crippen molar-refractivity contribution in [3.05, 3.63) is 131 Å². The Morgan fingerprint density at radius 1 is 0.833 bits per heavy atom. The molecule has 2 N–H and O–H groups in total. The molecule has 1 aliphatic rings. The van der Waals surface area contributed by atoms with Crippen LogP contribution in [-0.2, 0) is 4.79 Å². The van der Waals surface area contributed by atoms with Gasteiger partial charge in [-0.3, -0.25) is 24.1 Å². The van der Waals surface area contributed by atoms with Gasteiger partial charge in [0.05, 0.1) is 18.2 Å². The summed E-state index contributed by atoms with van der Waals surface area (Å²) in [6.07, 6.45) is 1.59. The molecule has 0 radical (unpaired) electrons. The second-order valence-electron chi connectivity index (χ2n) is 9.29. The summed E-state index contributed by atoms with van der Waals surface area (Å²) in [4.78, 5) is 53.6. The van der Waals surface area contributed by atoms with E-state index in [0.29, 0.717) is 39.4 Å². The summed E-state index contributed by atoms with van der Waals surface area (Å²) in [6, 6.07) is 29.8. The smallest absolute Gasteiger partial charge is 0.272 e. The molecule has 4 amide bonds. The number of ether oxygens (including phenoxy) is 1. The standard InChI is InChI=1S/C33H27N3O5S/c1-41-25-16-14-22(15-17-25)20-29(35-30(37)23-8-3-2-4-9-23)31(38)34-24-10-7-11-26(21-24)42-19-18-36-32(39)27-12-5-6-13-28(27)33(36)40/h2-17,20-21H,18-19H2,1H3,(H,34,38)(H,35,37)/b29-20+. The Balaban J connectivity index is 1.26. The van der Waals surface area contributed by atoms with Crippen molar-refractivity contribution in [1.29, 1.82) is 0 Å². The number of carbonyl (C=O) groups excluding carboxylic acids is 4. The van der Waals surface area contributed by atoms with Crippen LogP contribution in [0.25, 0.3) is 6.08 Å². The van der Waals surface area contributed by atoms with Gasteiger partial charge in [-0.15, -0.1) is 11.8 Å². The van der Waals surface area contributed by atoms with Crippen molar-refractivity contribution in [3.63, 3.8) is 0 Å². The highest BCUT2D eigenvalue weighted by Gasteiger charge is 2.34. The van der Waals surface area contributed by atoms with Gasteiger partial charge in [0.2, 0.25) is 0 Å². The lowest BCUT2D eigenvalue weighted by atomic mass is 10.1. The lowest BCUT2D eigenvalue weighted by Gasteiger charge is -2.14. The molecule has 8 nitrogen and oxygen atoms in total. The minimum atomic E-state index is -0.497. The summed E-state index contributed by atoms with van der Waals surface area (Å²) in [7, 11) is 1.57. The number of hydrogen-bond acceptors (Lipinski definition) is 6. The highest BCUT2D eigenvalue weighted by atomic mass is 32.2. The molecule has 4 aromatic carbocycles. The lowest BCUT2D eigenvalue weighted by Crippen LogP contribution is -2.31. The number of hydrogen-bond donors (Lipinski definition) is 2. The third-order valence-electron chi connectivity index (χ3n) is 6.51. The molecule has 9 heteroatoms. The Morgan fingerprint density at radius 2 is 1.50 bits per heavy atom. The SMILES string of the molecule is COc1ccc(/C=C(/NC(=O)c2ccccc2)C(=O)Nc2cccc(SCCN3C(=O)c4ccccc4C3=O)c2)cc1. The molecule has 0 spiro atoms. The molecule has 1 aliphatic heterocycles. The highest BCUT2D eigenvalue weighted by molar-refractivity contribution is 7.99. The van der Waals surface area contributed by atoms with E-state index in [2.05, 4.69) is 10.6 Å². The molecule has 0 unspecified atom stereocenters. The maximum absolute atomic E-state index is 13.4. The van der Waals surface area contributed by atoms with E-state index in [1.54, 1.807) is 104 Å². The molecule has 210 valence electrons. The topological polar surface area (TPSA) is 105 Å². The zero-order valence-electron chi connectivity index (χ0n) is 22.7. The summed E-state index contributed by atoms with van der Waals surface area (Å²) in [5.74, 6) is -0.328. The molecule has 0 saturated heterocycles. The fourth-order valence-corrected chi connectivity index (χ4v) is 5.26. The van der Waals surface area contributed by atoms with E-state index in [9.17, 15) is 19.2 Å². The van der Waals surface area contributed by atoms with Gasteiger partial charge in [0.15, 0.2) is 0 Å². The first kappa shape index (κ1) is 28.4. The first-order valence-electron chi connectivity index (χ1n) is 13.1. The number of amides is 4. The third-order valence-corrected chi connectivity index (χ3v) is 7.48. The number of anilines is 1. The van der Waals surface area contributed by atoms with Gasteiger partial charge in [-0.05, 0) is 66.2 Å². The van der Waals surface area contributed by atoms with Gasteiger partial charge in [-0.1, -0.05) is 48.5 Å². The van der Waals surface area contributed by atoms with Gasteiger partial charge in [-0.2, -0.15) is 0 Å². The Hall–Kier alpha value is -5.15. The van der Waals surface area contributed by atoms with Crippen molar-refractivity contribution in [2.45, 2.75) is 4.90 Å². The number of nitrogens with zero attached hydrogens (tertiary/aromatic N) is 1. The molecule has 0 atom stereocenters. The van der Waals surface area contributed by atoms with E-state index in [4.69, 9.17) is 4.74 Å². The predicted molar refractivity (Wildman–Crippen MR) is 162 cm³/mol. The Kier molecular flexibility index (Phi) is 8.79. The zero-order valence-corrected chi connectivity index (χ0v) is 23.5. The second-order valence-corrected chi connectivity index (χ2v) is 10.5. The van der Waals surface area contributed by atoms with Crippen LogP contribution in [0.5, 0.6) is 5.75 Å². The normalized spacial score (nSPS) is 12.6. The summed E-state index contributed by atoms with van der Waals surface area (Å²) < 4.78 is 5.21. The van der Waals surface area contributed by atoms with Gasteiger partial charge in [-0.25, -0.2) is 0 Å². The molecule has 0 aromatic heterocycles. The monoisotopic (exact) mass is 577 g/mol. The number of imide groups is 1. The largest absolute Gasteiger partial charge is 0.497 e. The van der Waals surface area contributed by atoms with Gasteiger partial charge >= 0.3 is 0 Å². The van der Waals surface area contributed by atoms with Crippen molar-refractivity contribution >= 4 is 47.2 Å². The quantitative estimate of drug-likeness (QED) is 0.147. The highest BCUT2D eigenvalue weighted by Crippen LogP contribution is 2.26. The van der Waals surface area contributed by atoms with E-state index in [-0.39, 0.29) is 24.1 Å². The molecule has 0 aliphatic carbocycles. The molecule has 42 heavy (non-hydrogen) atoms. The van der Waals surface area contributed by atoms with E-state index < -0.39 is 11.8 Å². The number of fused-ring (bicyclic) bond motifs is 1. The molecule has 1 heterocycles. The summed E-state index contributed by atoms with van der Waals surface area (Å²) in [5, 5.41) is 5.59. The maximum Gasteiger partial charge on any atom is 0.272 e. The van der Waals surface area contributed by atoms with Crippen LogP contribution >= 0.6 is 11.8 Å². The lowest BCUT2D eigenvalue weighted by molar-refractivity contribution is -0.113. The second kappa shape index (κ2) is 13.0. The van der Waals surface area contributed by atoms with Gasteiger partial charge in [0.25, 0.3) is 23.6 Å². The fraction of sp³-hybridized carbons (Fsp3) is 0.0909. The van der Waals surface area contributed by atoms with E-state index in [1.165, 1.54) is 16.7 Å². The molecule has 0 bridgehead atoms.